The van der Waals surface area contributed by atoms with E-state index in [1.54, 1.807) is 6.07 Å². The summed E-state index contributed by atoms with van der Waals surface area (Å²) in [7, 11) is 1.36. The molecule has 102 valence electrons. The Labute approximate surface area is 111 Å². The number of ether oxygens (including phenoxy) is 1. The first kappa shape index (κ1) is 12.6. The van der Waals surface area contributed by atoms with Crippen molar-refractivity contribution in [3.63, 3.8) is 0 Å². The molecule has 0 heterocycles. The Morgan fingerprint density at radius 1 is 1.42 bits per heavy atom. The zero-order valence-corrected chi connectivity index (χ0v) is 11.0. The van der Waals surface area contributed by atoms with E-state index in [0.29, 0.717) is 0 Å². The quantitative estimate of drug-likeness (QED) is 0.846. The molecule has 3 aliphatic carbocycles. The van der Waals surface area contributed by atoms with Gasteiger partial charge in [0.25, 0.3) is 0 Å². The SMILES string of the molecule is COC(=O)C(N)C12CC(Cc3ccccc3F)(C1)C2. The Hall–Kier alpha value is -1.42. The maximum absolute atomic E-state index is 13.6. The second-order valence-corrected chi connectivity index (χ2v) is 6.16. The molecule has 0 radical (unpaired) electrons. The molecule has 0 aliphatic heterocycles. The van der Waals surface area contributed by atoms with Crippen molar-refractivity contribution < 1.29 is 13.9 Å². The molecule has 3 saturated carbocycles. The molecule has 0 spiro atoms. The maximum Gasteiger partial charge on any atom is 0.323 e. The molecule has 0 aromatic heterocycles. The van der Waals surface area contributed by atoms with Gasteiger partial charge in [-0.05, 0) is 48.1 Å². The highest BCUT2D eigenvalue weighted by molar-refractivity contribution is 5.77. The molecular formula is C15H18FNO2. The number of rotatable bonds is 4. The highest BCUT2D eigenvalue weighted by Crippen LogP contribution is 2.75. The van der Waals surface area contributed by atoms with Crippen molar-refractivity contribution in [2.24, 2.45) is 16.6 Å². The molecule has 3 fully saturated rings. The minimum atomic E-state index is -0.528. The van der Waals surface area contributed by atoms with Crippen LogP contribution in [0.2, 0.25) is 0 Å². The Morgan fingerprint density at radius 2 is 2.05 bits per heavy atom. The molecule has 1 aromatic rings. The molecule has 19 heavy (non-hydrogen) atoms. The number of esters is 1. The number of carbonyl (C=O) groups is 1. The van der Waals surface area contributed by atoms with Gasteiger partial charge in [0.05, 0.1) is 7.11 Å². The van der Waals surface area contributed by atoms with Crippen molar-refractivity contribution in [1.29, 1.82) is 0 Å². The lowest BCUT2D eigenvalue weighted by molar-refractivity contribution is -0.220. The smallest absolute Gasteiger partial charge is 0.323 e. The minimum Gasteiger partial charge on any atom is -0.468 e. The Kier molecular flexibility index (Phi) is 2.68. The maximum atomic E-state index is 13.6. The van der Waals surface area contributed by atoms with Crippen LogP contribution in [0.5, 0.6) is 0 Å². The number of hydrogen-bond acceptors (Lipinski definition) is 3. The van der Waals surface area contributed by atoms with E-state index in [1.165, 1.54) is 13.2 Å². The number of methoxy groups -OCH3 is 1. The standard InChI is InChI=1S/C15H18FNO2/c1-19-13(18)12(17)15-7-14(8-15,9-15)6-10-4-2-3-5-11(10)16/h2-5,12H,6-9,17H2,1H3. The second kappa shape index (κ2) is 4.04. The monoisotopic (exact) mass is 263 g/mol. The summed E-state index contributed by atoms with van der Waals surface area (Å²) in [5.74, 6) is -0.474. The molecule has 3 nitrogen and oxygen atoms in total. The van der Waals surface area contributed by atoms with E-state index in [1.807, 2.05) is 12.1 Å². The summed E-state index contributed by atoms with van der Waals surface area (Å²) < 4.78 is 18.3. The summed E-state index contributed by atoms with van der Waals surface area (Å²) in [5, 5.41) is 0. The summed E-state index contributed by atoms with van der Waals surface area (Å²) in [5.41, 5.74) is 6.78. The van der Waals surface area contributed by atoms with Crippen LogP contribution < -0.4 is 5.73 Å². The van der Waals surface area contributed by atoms with Crippen LogP contribution in [0.25, 0.3) is 0 Å². The third-order valence-corrected chi connectivity index (χ3v) is 4.82. The van der Waals surface area contributed by atoms with E-state index < -0.39 is 6.04 Å². The summed E-state index contributed by atoms with van der Waals surface area (Å²) in [6.45, 7) is 0. The predicted molar refractivity (Wildman–Crippen MR) is 68.8 cm³/mol. The second-order valence-electron chi connectivity index (χ2n) is 6.16. The molecule has 0 amide bonds. The number of hydrogen-bond donors (Lipinski definition) is 1. The third-order valence-electron chi connectivity index (χ3n) is 4.82. The minimum absolute atomic E-state index is 0.0850. The third kappa shape index (κ3) is 1.77. The van der Waals surface area contributed by atoms with Gasteiger partial charge >= 0.3 is 5.97 Å². The molecular weight excluding hydrogens is 245 g/mol. The highest BCUT2D eigenvalue weighted by Gasteiger charge is 2.70. The van der Waals surface area contributed by atoms with Gasteiger partial charge in [-0.15, -0.1) is 0 Å². The molecule has 0 saturated heterocycles. The van der Waals surface area contributed by atoms with Crippen molar-refractivity contribution >= 4 is 5.97 Å². The van der Waals surface area contributed by atoms with Gasteiger partial charge in [0.15, 0.2) is 0 Å². The Bertz CT molecular complexity index is 509. The normalized spacial score (nSPS) is 33.0. The van der Waals surface area contributed by atoms with Crippen LogP contribution in [0, 0.1) is 16.6 Å². The van der Waals surface area contributed by atoms with E-state index in [2.05, 4.69) is 0 Å². The van der Waals surface area contributed by atoms with Gasteiger partial charge in [0, 0.05) is 0 Å². The van der Waals surface area contributed by atoms with Gasteiger partial charge in [0.2, 0.25) is 0 Å². The van der Waals surface area contributed by atoms with Crippen LogP contribution in [0.1, 0.15) is 24.8 Å². The van der Waals surface area contributed by atoms with Gasteiger partial charge in [-0.1, -0.05) is 18.2 Å². The van der Waals surface area contributed by atoms with Crippen LogP contribution >= 0.6 is 0 Å². The van der Waals surface area contributed by atoms with Gasteiger partial charge in [-0.3, -0.25) is 4.79 Å². The lowest BCUT2D eigenvalue weighted by Gasteiger charge is -2.72. The van der Waals surface area contributed by atoms with Gasteiger partial charge in [0.1, 0.15) is 11.9 Å². The van der Waals surface area contributed by atoms with Crippen molar-refractivity contribution in [2.45, 2.75) is 31.7 Å². The van der Waals surface area contributed by atoms with Crippen molar-refractivity contribution in [2.75, 3.05) is 7.11 Å². The first-order chi connectivity index (χ1) is 9.00. The molecule has 3 aliphatic rings. The molecule has 2 N–H and O–H groups in total. The fraction of sp³-hybridized carbons (Fsp3) is 0.533. The zero-order valence-electron chi connectivity index (χ0n) is 11.0. The Morgan fingerprint density at radius 3 is 2.63 bits per heavy atom. The first-order valence-corrected chi connectivity index (χ1v) is 6.57. The molecule has 2 bridgehead atoms. The summed E-state index contributed by atoms with van der Waals surface area (Å²) in [6.07, 6.45) is 3.47. The summed E-state index contributed by atoms with van der Waals surface area (Å²) in [6, 6.07) is 6.37. The molecule has 1 aromatic carbocycles. The Balaban J connectivity index is 1.65. The van der Waals surface area contributed by atoms with Crippen LogP contribution in [0.3, 0.4) is 0 Å². The average molecular weight is 263 g/mol. The molecule has 1 unspecified atom stereocenters. The topological polar surface area (TPSA) is 52.3 Å². The fourth-order valence-corrected chi connectivity index (χ4v) is 4.03. The first-order valence-electron chi connectivity index (χ1n) is 6.57. The van der Waals surface area contributed by atoms with E-state index in [9.17, 15) is 9.18 Å². The molecule has 4 rings (SSSR count). The average Bonchev–Trinajstić information content (AvgIpc) is 2.32. The van der Waals surface area contributed by atoms with Crippen molar-refractivity contribution in [3.8, 4) is 0 Å². The van der Waals surface area contributed by atoms with Crippen molar-refractivity contribution in [1.82, 2.24) is 0 Å². The van der Waals surface area contributed by atoms with E-state index in [0.717, 1.165) is 31.2 Å². The predicted octanol–water partition coefficient (Wildman–Crippen LogP) is 2.04. The number of carbonyl (C=O) groups excluding carboxylic acids is 1. The number of halogens is 1. The fourth-order valence-electron chi connectivity index (χ4n) is 4.03. The van der Waals surface area contributed by atoms with E-state index >= 15 is 0 Å². The number of benzene rings is 1. The van der Waals surface area contributed by atoms with Crippen LogP contribution in [0.4, 0.5) is 4.39 Å². The van der Waals surface area contributed by atoms with E-state index in [-0.39, 0.29) is 22.6 Å². The lowest BCUT2D eigenvalue weighted by Crippen LogP contribution is -2.71. The van der Waals surface area contributed by atoms with Crippen LogP contribution in [-0.4, -0.2) is 19.1 Å². The van der Waals surface area contributed by atoms with Crippen LogP contribution in [0.15, 0.2) is 24.3 Å². The van der Waals surface area contributed by atoms with Gasteiger partial charge in [-0.2, -0.15) is 0 Å². The molecule has 1 atom stereocenters. The summed E-state index contributed by atoms with van der Waals surface area (Å²) >= 11 is 0. The largest absolute Gasteiger partial charge is 0.468 e. The highest BCUT2D eigenvalue weighted by atomic mass is 19.1. The van der Waals surface area contributed by atoms with Crippen LogP contribution in [-0.2, 0) is 16.0 Å². The zero-order chi connectivity index (χ0) is 13.7. The van der Waals surface area contributed by atoms with Gasteiger partial charge < -0.3 is 10.5 Å². The number of nitrogens with two attached hydrogens (primary N) is 1. The van der Waals surface area contributed by atoms with E-state index in [4.69, 9.17) is 10.5 Å². The summed E-state index contributed by atoms with van der Waals surface area (Å²) in [4.78, 5) is 11.5. The van der Waals surface area contributed by atoms with Crippen molar-refractivity contribution in [3.05, 3.63) is 35.6 Å². The molecule has 4 heteroatoms. The van der Waals surface area contributed by atoms with Gasteiger partial charge in [-0.25, -0.2) is 4.39 Å². The lowest BCUT2D eigenvalue weighted by atomic mass is 9.32.